The summed E-state index contributed by atoms with van der Waals surface area (Å²) >= 11 is 0. The summed E-state index contributed by atoms with van der Waals surface area (Å²) in [6.45, 7) is 4.12. The lowest BCUT2D eigenvalue weighted by Crippen LogP contribution is -2.05. The molecule has 3 aromatic rings. The predicted molar refractivity (Wildman–Crippen MR) is 89.8 cm³/mol. The number of benzene rings is 1. The third kappa shape index (κ3) is 2.80. The molecule has 0 aliphatic rings. The van der Waals surface area contributed by atoms with E-state index in [0.29, 0.717) is 0 Å². The summed E-state index contributed by atoms with van der Waals surface area (Å²) in [4.78, 5) is 10.8. The molecule has 0 bridgehead atoms. The van der Waals surface area contributed by atoms with Crippen molar-refractivity contribution >= 4 is 17.9 Å². The Labute approximate surface area is 134 Å². The lowest BCUT2D eigenvalue weighted by molar-refractivity contribution is -0.104. The van der Waals surface area contributed by atoms with Crippen LogP contribution in [0, 0.1) is 5.82 Å². The quantitative estimate of drug-likeness (QED) is 0.526. The van der Waals surface area contributed by atoms with E-state index in [9.17, 15) is 9.18 Å². The van der Waals surface area contributed by atoms with Crippen LogP contribution in [0.15, 0.2) is 48.7 Å². The number of hydrogen-bond donors (Lipinski definition) is 0. The van der Waals surface area contributed by atoms with E-state index in [1.54, 1.807) is 18.2 Å². The van der Waals surface area contributed by atoms with Gasteiger partial charge in [-0.25, -0.2) is 8.91 Å². The highest BCUT2D eigenvalue weighted by Gasteiger charge is 2.17. The van der Waals surface area contributed by atoms with Gasteiger partial charge in [-0.05, 0) is 47.9 Å². The Balaban J connectivity index is 2.39. The molecule has 2 aromatic heterocycles. The summed E-state index contributed by atoms with van der Waals surface area (Å²) in [7, 11) is 0. The second-order valence-corrected chi connectivity index (χ2v) is 5.67. The van der Waals surface area contributed by atoms with Gasteiger partial charge in [-0.1, -0.05) is 26.0 Å². The van der Waals surface area contributed by atoms with Crippen molar-refractivity contribution in [1.29, 1.82) is 0 Å². The Hall–Kier alpha value is -2.75. The van der Waals surface area contributed by atoms with Crippen molar-refractivity contribution in [3.63, 3.8) is 0 Å². The maximum absolute atomic E-state index is 13.3. The zero-order valence-electron chi connectivity index (χ0n) is 13.0. The summed E-state index contributed by atoms with van der Waals surface area (Å²) in [5, 5.41) is 4.67. The molecule has 0 amide bonds. The van der Waals surface area contributed by atoms with E-state index in [2.05, 4.69) is 18.9 Å². The zero-order chi connectivity index (χ0) is 16.4. The highest BCUT2D eigenvalue weighted by atomic mass is 19.1. The standard InChI is InChI=1S/C19H17FN2O/c1-13(2)19-16(5-4-12-23)18(14-7-9-15(20)10-8-14)17-6-3-11-22(17)21-19/h3-13H,1-2H3. The Morgan fingerprint density at radius 3 is 2.57 bits per heavy atom. The van der Waals surface area contributed by atoms with Gasteiger partial charge in [0.2, 0.25) is 0 Å². The molecule has 0 aliphatic carbocycles. The molecule has 0 saturated carbocycles. The van der Waals surface area contributed by atoms with Crippen molar-refractivity contribution in [1.82, 2.24) is 9.61 Å². The molecule has 0 unspecified atom stereocenters. The molecule has 0 fully saturated rings. The average Bonchev–Trinajstić information content (AvgIpc) is 3.00. The molecule has 1 aromatic carbocycles. The molecular weight excluding hydrogens is 291 g/mol. The number of halogens is 1. The zero-order valence-corrected chi connectivity index (χ0v) is 13.0. The van der Waals surface area contributed by atoms with E-state index >= 15 is 0 Å². The summed E-state index contributed by atoms with van der Waals surface area (Å²) < 4.78 is 15.1. The predicted octanol–water partition coefficient (Wildman–Crippen LogP) is 4.48. The number of aldehydes is 1. The number of carbonyl (C=O) groups is 1. The molecule has 3 rings (SSSR count). The SMILES string of the molecule is CC(C)c1nn2cccc2c(-c2ccc(F)cc2)c1C=CC=O. The molecule has 3 nitrogen and oxygen atoms in total. The largest absolute Gasteiger partial charge is 0.299 e. The Morgan fingerprint density at radius 2 is 1.91 bits per heavy atom. The number of rotatable bonds is 4. The summed E-state index contributed by atoms with van der Waals surface area (Å²) in [5.74, 6) is -0.0874. The Morgan fingerprint density at radius 1 is 1.17 bits per heavy atom. The molecule has 0 N–H and O–H groups in total. The molecule has 23 heavy (non-hydrogen) atoms. The number of carbonyl (C=O) groups excluding carboxylic acids is 1. The molecule has 0 atom stereocenters. The monoisotopic (exact) mass is 308 g/mol. The van der Waals surface area contributed by atoms with Crippen LogP contribution in [0.5, 0.6) is 0 Å². The van der Waals surface area contributed by atoms with Gasteiger partial charge in [-0.3, -0.25) is 4.79 Å². The minimum atomic E-state index is -0.275. The molecule has 116 valence electrons. The van der Waals surface area contributed by atoms with E-state index in [1.807, 2.05) is 22.8 Å². The van der Waals surface area contributed by atoms with Gasteiger partial charge in [-0.15, -0.1) is 0 Å². The third-order valence-electron chi connectivity index (χ3n) is 3.77. The van der Waals surface area contributed by atoms with E-state index in [4.69, 9.17) is 0 Å². The first-order valence-corrected chi connectivity index (χ1v) is 7.51. The number of aromatic nitrogens is 2. The lowest BCUT2D eigenvalue weighted by atomic mass is 9.94. The molecule has 4 heteroatoms. The van der Waals surface area contributed by atoms with E-state index in [0.717, 1.165) is 34.2 Å². The van der Waals surface area contributed by atoms with E-state index < -0.39 is 0 Å². The number of nitrogens with zero attached hydrogens (tertiary/aromatic N) is 2. The van der Waals surface area contributed by atoms with E-state index in [1.165, 1.54) is 18.2 Å². The normalized spacial score (nSPS) is 11.7. The van der Waals surface area contributed by atoms with Crippen LogP contribution in [0.4, 0.5) is 4.39 Å². The van der Waals surface area contributed by atoms with Gasteiger partial charge in [0.25, 0.3) is 0 Å². The maximum atomic E-state index is 13.3. The molecule has 0 aliphatic heterocycles. The van der Waals surface area contributed by atoms with Crippen LogP contribution in [0.3, 0.4) is 0 Å². The second-order valence-electron chi connectivity index (χ2n) is 5.67. The van der Waals surface area contributed by atoms with Crippen LogP contribution in [0.1, 0.15) is 31.0 Å². The first-order chi connectivity index (χ1) is 11.1. The summed E-state index contributed by atoms with van der Waals surface area (Å²) in [6, 6.07) is 10.3. The van der Waals surface area contributed by atoms with Crippen LogP contribution in [0.25, 0.3) is 22.7 Å². The van der Waals surface area contributed by atoms with Gasteiger partial charge in [0.05, 0.1) is 11.2 Å². The van der Waals surface area contributed by atoms with Crippen molar-refractivity contribution < 1.29 is 9.18 Å². The van der Waals surface area contributed by atoms with Gasteiger partial charge in [0.1, 0.15) is 12.1 Å². The molecule has 0 spiro atoms. The van der Waals surface area contributed by atoms with Crippen LogP contribution in [0.2, 0.25) is 0 Å². The van der Waals surface area contributed by atoms with Crippen LogP contribution in [-0.4, -0.2) is 15.9 Å². The molecule has 2 heterocycles. The number of fused-ring (bicyclic) bond motifs is 1. The van der Waals surface area contributed by atoms with Gasteiger partial charge in [0.15, 0.2) is 0 Å². The van der Waals surface area contributed by atoms with Gasteiger partial charge >= 0.3 is 0 Å². The molecule has 0 radical (unpaired) electrons. The highest BCUT2D eigenvalue weighted by molar-refractivity contribution is 5.90. The van der Waals surface area contributed by atoms with Crippen molar-refractivity contribution in [3.05, 3.63) is 65.7 Å². The van der Waals surface area contributed by atoms with Gasteiger partial charge in [0, 0.05) is 17.3 Å². The molecule has 0 saturated heterocycles. The third-order valence-corrected chi connectivity index (χ3v) is 3.77. The summed E-state index contributed by atoms with van der Waals surface area (Å²) in [6.07, 6.45) is 5.89. The first-order valence-electron chi connectivity index (χ1n) is 7.51. The molecular formula is C19H17FN2O. The van der Waals surface area contributed by atoms with Crippen molar-refractivity contribution in [2.75, 3.05) is 0 Å². The summed E-state index contributed by atoms with van der Waals surface area (Å²) in [5.41, 5.74) is 4.55. The smallest absolute Gasteiger partial charge is 0.142 e. The highest BCUT2D eigenvalue weighted by Crippen LogP contribution is 2.34. The van der Waals surface area contributed by atoms with E-state index in [-0.39, 0.29) is 11.7 Å². The van der Waals surface area contributed by atoms with Crippen molar-refractivity contribution in [2.45, 2.75) is 19.8 Å². The van der Waals surface area contributed by atoms with Gasteiger partial charge < -0.3 is 0 Å². The number of allylic oxidation sites excluding steroid dienone is 1. The average molecular weight is 308 g/mol. The van der Waals surface area contributed by atoms with Crippen LogP contribution < -0.4 is 0 Å². The fourth-order valence-corrected chi connectivity index (χ4v) is 2.74. The lowest BCUT2D eigenvalue weighted by Gasteiger charge is -2.16. The first kappa shape index (κ1) is 15.2. The fraction of sp³-hybridized carbons (Fsp3) is 0.158. The van der Waals surface area contributed by atoms with Crippen molar-refractivity contribution in [2.24, 2.45) is 0 Å². The fourth-order valence-electron chi connectivity index (χ4n) is 2.74. The Bertz CT molecular complexity index is 876. The van der Waals surface area contributed by atoms with Gasteiger partial charge in [-0.2, -0.15) is 5.10 Å². The van der Waals surface area contributed by atoms with Crippen LogP contribution >= 0.6 is 0 Å². The second kappa shape index (κ2) is 6.16. The topological polar surface area (TPSA) is 34.4 Å². The number of hydrogen-bond acceptors (Lipinski definition) is 2. The minimum absolute atomic E-state index is 0.187. The Kier molecular flexibility index (Phi) is 4.06. The van der Waals surface area contributed by atoms with Crippen LogP contribution in [-0.2, 0) is 4.79 Å². The maximum Gasteiger partial charge on any atom is 0.142 e. The minimum Gasteiger partial charge on any atom is -0.299 e. The van der Waals surface area contributed by atoms with Crippen molar-refractivity contribution in [3.8, 4) is 11.1 Å².